The van der Waals surface area contributed by atoms with E-state index in [0.29, 0.717) is 11.3 Å². The number of nitrogens with zero attached hydrogens (tertiary/aromatic N) is 2. The number of rotatable bonds is 5. The molecule has 144 valence electrons. The molecule has 6 unspecified atom stereocenters. The Hall–Kier alpha value is -1.58. The smallest absolute Gasteiger partial charge is 0.353 e. The van der Waals surface area contributed by atoms with Crippen LogP contribution < -0.4 is 5.32 Å². The summed E-state index contributed by atoms with van der Waals surface area (Å²) < 4.78 is 0. The van der Waals surface area contributed by atoms with E-state index in [-0.39, 0.29) is 40.9 Å². The van der Waals surface area contributed by atoms with Gasteiger partial charge in [-0.3, -0.25) is 14.9 Å². The predicted molar refractivity (Wildman–Crippen MR) is 95.9 cm³/mol. The fourth-order valence-corrected chi connectivity index (χ4v) is 5.58. The number of carbonyl (C=O) groups is 3. The molecule has 3 aliphatic rings. The Morgan fingerprint density at radius 3 is 2.54 bits per heavy atom. The van der Waals surface area contributed by atoms with E-state index in [1.807, 2.05) is 6.92 Å². The minimum Gasteiger partial charge on any atom is -0.477 e. The van der Waals surface area contributed by atoms with Gasteiger partial charge in [-0.2, -0.15) is 0 Å². The Kier molecular flexibility index (Phi) is 5.06. The summed E-state index contributed by atoms with van der Waals surface area (Å²) in [7, 11) is 3.42. The van der Waals surface area contributed by atoms with Gasteiger partial charge >= 0.3 is 5.97 Å². The van der Waals surface area contributed by atoms with Crippen LogP contribution in [0.4, 0.5) is 0 Å². The van der Waals surface area contributed by atoms with Crippen molar-refractivity contribution in [2.75, 3.05) is 14.1 Å². The van der Waals surface area contributed by atoms with Gasteiger partial charge < -0.3 is 20.0 Å². The molecule has 0 aromatic carbocycles. The van der Waals surface area contributed by atoms with Gasteiger partial charge in [-0.25, -0.2) is 4.79 Å². The molecule has 26 heavy (non-hydrogen) atoms. The first-order chi connectivity index (χ1) is 12.1. The number of fused-ring (bicyclic) bond motifs is 1. The molecule has 8 nitrogen and oxygen atoms in total. The summed E-state index contributed by atoms with van der Waals surface area (Å²) in [6.45, 7) is 3.46. The summed E-state index contributed by atoms with van der Waals surface area (Å²) in [5.74, 6) is -2.16. The third-order valence-electron chi connectivity index (χ3n) is 5.42. The predicted octanol–water partition coefficient (Wildman–Crippen LogP) is 0.0396. The van der Waals surface area contributed by atoms with Crippen molar-refractivity contribution in [2.45, 2.75) is 50.3 Å². The fraction of sp³-hybridized carbons (Fsp3) is 0.706. The highest BCUT2D eigenvalue weighted by Crippen LogP contribution is 2.51. The number of carboxylic acid groups (broad SMARTS) is 1. The number of aliphatic hydroxyl groups excluding tert-OH is 1. The van der Waals surface area contributed by atoms with Gasteiger partial charge in [-0.05, 0) is 19.8 Å². The van der Waals surface area contributed by atoms with Crippen LogP contribution in [0.2, 0.25) is 0 Å². The number of nitrogens with one attached hydrogen (secondary N) is 1. The Balaban J connectivity index is 1.78. The number of β-lactam (4-membered cyclic amide) rings is 1. The van der Waals surface area contributed by atoms with Crippen LogP contribution in [-0.2, 0) is 14.4 Å². The monoisotopic (exact) mass is 383 g/mol. The minimum absolute atomic E-state index is 0.00757. The number of likely N-dealkylation sites (N-methyl/N-ethyl adjacent to an activating group) is 1. The molecular weight excluding hydrogens is 358 g/mol. The largest absolute Gasteiger partial charge is 0.477 e. The van der Waals surface area contributed by atoms with Gasteiger partial charge in [0.2, 0.25) is 11.8 Å². The molecule has 3 aliphatic heterocycles. The standard InChI is InChI=1S/C17H25N3O5S/c1-7-12-11(8(2)21)16(23)20(12)13(17(24)25)14(7)26-10-6-5-9(18-10)15(22)19(3)4/h7-12,18,21H,5-6H2,1-4H3,(H,24,25). The van der Waals surface area contributed by atoms with E-state index in [1.165, 1.54) is 16.7 Å². The number of carbonyl (C=O) groups excluding carboxylic acids is 2. The van der Waals surface area contributed by atoms with Crippen molar-refractivity contribution in [3.63, 3.8) is 0 Å². The van der Waals surface area contributed by atoms with Crippen molar-refractivity contribution in [2.24, 2.45) is 11.8 Å². The molecule has 0 aliphatic carbocycles. The number of aliphatic hydroxyl groups is 1. The molecule has 9 heteroatoms. The molecule has 0 saturated carbocycles. The molecule has 6 atom stereocenters. The van der Waals surface area contributed by atoms with Crippen molar-refractivity contribution in [1.29, 1.82) is 0 Å². The zero-order valence-electron chi connectivity index (χ0n) is 15.3. The quantitative estimate of drug-likeness (QED) is 0.575. The first kappa shape index (κ1) is 19.2. The Morgan fingerprint density at radius 1 is 1.35 bits per heavy atom. The van der Waals surface area contributed by atoms with Gasteiger partial charge in [0.1, 0.15) is 5.70 Å². The van der Waals surface area contributed by atoms with Crippen LogP contribution in [0.3, 0.4) is 0 Å². The molecule has 0 radical (unpaired) electrons. The topological polar surface area (TPSA) is 110 Å². The average molecular weight is 383 g/mol. The second-order valence-corrected chi connectivity index (χ2v) is 8.65. The zero-order chi connectivity index (χ0) is 19.3. The maximum atomic E-state index is 12.3. The van der Waals surface area contributed by atoms with Crippen LogP contribution in [0.15, 0.2) is 10.6 Å². The van der Waals surface area contributed by atoms with E-state index in [9.17, 15) is 24.6 Å². The average Bonchev–Trinajstić information content (AvgIpc) is 3.09. The molecule has 3 heterocycles. The number of amides is 2. The molecule has 3 N–H and O–H groups in total. The zero-order valence-corrected chi connectivity index (χ0v) is 16.1. The van der Waals surface area contributed by atoms with E-state index in [0.717, 1.165) is 6.42 Å². The fourth-order valence-electron chi connectivity index (χ4n) is 4.14. The second-order valence-electron chi connectivity index (χ2n) is 7.41. The normalized spacial score (nSPS) is 34.6. The minimum atomic E-state index is -1.13. The van der Waals surface area contributed by atoms with Crippen molar-refractivity contribution in [3.8, 4) is 0 Å². The third kappa shape index (κ3) is 2.91. The van der Waals surface area contributed by atoms with Gasteiger partial charge in [-0.1, -0.05) is 6.92 Å². The Labute approximate surface area is 156 Å². The van der Waals surface area contributed by atoms with E-state index < -0.39 is 18.0 Å². The summed E-state index contributed by atoms with van der Waals surface area (Å²) in [6.07, 6.45) is 0.634. The lowest BCUT2D eigenvalue weighted by molar-refractivity contribution is -0.163. The number of carboxylic acids is 1. The molecule has 2 fully saturated rings. The summed E-state index contributed by atoms with van der Waals surface area (Å²) in [4.78, 5) is 39.8. The number of hydrogen-bond donors (Lipinski definition) is 3. The van der Waals surface area contributed by atoms with Crippen molar-refractivity contribution < 1.29 is 24.6 Å². The molecule has 0 aromatic heterocycles. The summed E-state index contributed by atoms with van der Waals surface area (Å²) >= 11 is 1.40. The highest BCUT2D eigenvalue weighted by Gasteiger charge is 2.60. The first-order valence-corrected chi connectivity index (χ1v) is 9.65. The molecule has 0 aromatic rings. The summed E-state index contributed by atoms with van der Waals surface area (Å²) in [5.41, 5.74) is 0.0265. The van der Waals surface area contributed by atoms with Crippen molar-refractivity contribution in [3.05, 3.63) is 10.6 Å². The third-order valence-corrected chi connectivity index (χ3v) is 6.90. The van der Waals surface area contributed by atoms with Crippen LogP contribution >= 0.6 is 11.8 Å². The maximum Gasteiger partial charge on any atom is 0.353 e. The molecule has 2 amide bonds. The van der Waals surface area contributed by atoms with Crippen LogP contribution in [0.1, 0.15) is 26.7 Å². The van der Waals surface area contributed by atoms with E-state index in [4.69, 9.17) is 0 Å². The highest BCUT2D eigenvalue weighted by atomic mass is 32.2. The maximum absolute atomic E-state index is 12.3. The molecule has 3 rings (SSSR count). The van der Waals surface area contributed by atoms with E-state index >= 15 is 0 Å². The second kappa shape index (κ2) is 6.86. The molecule has 2 saturated heterocycles. The lowest BCUT2D eigenvalue weighted by Crippen LogP contribution is -2.63. The molecule has 0 spiro atoms. The number of hydrogen-bond acceptors (Lipinski definition) is 6. The lowest BCUT2D eigenvalue weighted by atomic mass is 9.79. The summed E-state index contributed by atoms with van der Waals surface area (Å²) in [5, 5.41) is 22.7. The van der Waals surface area contributed by atoms with Crippen LogP contribution in [-0.4, -0.2) is 75.5 Å². The van der Waals surface area contributed by atoms with Gasteiger partial charge in [0, 0.05) is 24.9 Å². The van der Waals surface area contributed by atoms with Gasteiger partial charge in [0.25, 0.3) is 0 Å². The summed E-state index contributed by atoms with van der Waals surface area (Å²) in [6, 6.07) is -0.575. The van der Waals surface area contributed by atoms with Crippen LogP contribution in [0.5, 0.6) is 0 Å². The molecular formula is C17H25N3O5S. The van der Waals surface area contributed by atoms with E-state index in [1.54, 1.807) is 25.9 Å². The van der Waals surface area contributed by atoms with Crippen molar-refractivity contribution in [1.82, 2.24) is 15.1 Å². The number of thioether (sulfide) groups is 1. The lowest BCUT2D eigenvalue weighted by Gasteiger charge is -2.46. The van der Waals surface area contributed by atoms with Gasteiger partial charge in [-0.15, -0.1) is 11.8 Å². The van der Waals surface area contributed by atoms with Gasteiger partial charge in [0.15, 0.2) is 0 Å². The van der Waals surface area contributed by atoms with Crippen LogP contribution in [0, 0.1) is 11.8 Å². The SMILES string of the molecule is CC(O)C1C(=O)N2C(C(=O)O)=C(SC3CCC(C(=O)N(C)C)N3)C(C)C12. The Morgan fingerprint density at radius 2 is 2.00 bits per heavy atom. The van der Waals surface area contributed by atoms with Gasteiger partial charge in [0.05, 0.1) is 29.5 Å². The Bertz CT molecular complexity index is 677. The van der Waals surface area contributed by atoms with Crippen molar-refractivity contribution >= 4 is 29.5 Å². The number of aliphatic carboxylic acids is 1. The molecule has 0 bridgehead atoms. The highest BCUT2D eigenvalue weighted by molar-refractivity contribution is 8.03. The van der Waals surface area contributed by atoms with Crippen LogP contribution in [0.25, 0.3) is 0 Å². The first-order valence-electron chi connectivity index (χ1n) is 8.77. The van der Waals surface area contributed by atoms with E-state index in [2.05, 4.69) is 5.32 Å².